The maximum Gasteiger partial charge on any atom is 0.175 e. The molecule has 2 aliphatic heterocycles. The molecule has 0 unspecified atom stereocenters. The van der Waals surface area contributed by atoms with E-state index < -0.39 is 32.9 Å². The molecule has 0 aromatic heterocycles. The van der Waals surface area contributed by atoms with Gasteiger partial charge in [-0.1, -0.05) is 41.5 Å². The first-order valence-corrected chi connectivity index (χ1v) is 20.2. The molecule has 2 heterocycles. The van der Waals surface area contributed by atoms with Crippen LogP contribution in [-0.4, -0.2) is 34.3 Å². The first-order chi connectivity index (χ1) is 23.2. The smallest absolute Gasteiger partial charge is 0.175 e. The summed E-state index contributed by atoms with van der Waals surface area (Å²) in [5, 5.41) is 0. The van der Waals surface area contributed by atoms with Crippen LogP contribution in [0, 0.1) is 68.5 Å². The maximum absolute atomic E-state index is 14.5. The summed E-state index contributed by atoms with van der Waals surface area (Å²) in [6.07, 6.45) is 6.90. The van der Waals surface area contributed by atoms with Crippen molar-refractivity contribution in [2.45, 2.75) is 166 Å². The van der Waals surface area contributed by atoms with Crippen LogP contribution < -0.4 is 0 Å². The Labute approximate surface area is 308 Å². The van der Waals surface area contributed by atoms with E-state index in [1.54, 1.807) is 27.7 Å². The Morgan fingerprint density at radius 3 is 1.57 bits per heavy atom. The third-order valence-corrected chi connectivity index (χ3v) is 15.0. The summed E-state index contributed by atoms with van der Waals surface area (Å²) in [6.45, 7) is 31.0. The van der Waals surface area contributed by atoms with Crippen molar-refractivity contribution in [2.75, 3.05) is 0 Å². The van der Waals surface area contributed by atoms with Crippen molar-refractivity contribution in [1.29, 1.82) is 0 Å². The van der Waals surface area contributed by atoms with Crippen molar-refractivity contribution in [3.8, 4) is 0 Å². The zero-order valence-corrected chi connectivity index (χ0v) is 34.6. The van der Waals surface area contributed by atoms with Crippen molar-refractivity contribution < 1.29 is 28.7 Å². The van der Waals surface area contributed by atoms with E-state index in [9.17, 15) is 19.2 Å². The standard InChI is InChI=1S/C45H68O6/c1-24(2)20-26-22-45(51-35-31(26)33(46)40(7,8)37(48)42(35,11)12)19-17-28-27(21-25(3)4)32-34(47)41(9,10)38(49)43(13,14)36(32)50-44(28,15)18-16-29-30(45)23-39(29,5)6/h24-30H,16-23H2,1-15H3/t26-,27-,28-,29+,30-,44+,45+/m0/s1. The van der Waals surface area contributed by atoms with Crippen molar-refractivity contribution in [3.05, 3.63) is 22.7 Å². The van der Waals surface area contributed by atoms with Crippen LogP contribution in [0.2, 0.25) is 0 Å². The van der Waals surface area contributed by atoms with Crippen LogP contribution in [0.4, 0.5) is 0 Å². The Hall–Kier alpha value is -2.24. The molecule has 0 N–H and O–H groups in total. The fourth-order valence-electron chi connectivity index (χ4n) is 12.4. The Kier molecular flexibility index (Phi) is 8.78. The minimum absolute atomic E-state index is 0.0142. The monoisotopic (exact) mass is 705 g/mol. The molecule has 1 spiro atoms. The fraction of sp³-hybridized carbons (Fsp3) is 0.822. The molecule has 2 fully saturated rings. The minimum atomic E-state index is -1.11. The van der Waals surface area contributed by atoms with Crippen LogP contribution in [0.1, 0.15) is 155 Å². The average molecular weight is 705 g/mol. The number of hydrogen-bond acceptors (Lipinski definition) is 6. The van der Waals surface area contributed by atoms with Crippen LogP contribution in [0.15, 0.2) is 22.7 Å². The molecule has 0 radical (unpaired) electrons. The van der Waals surface area contributed by atoms with Gasteiger partial charge in [0.15, 0.2) is 23.1 Å². The van der Waals surface area contributed by atoms with Gasteiger partial charge >= 0.3 is 0 Å². The van der Waals surface area contributed by atoms with Gasteiger partial charge in [-0.3, -0.25) is 19.2 Å². The molecule has 7 atom stereocenters. The van der Waals surface area contributed by atoms with Gasteiger partial charge in [0.1, 0.15) is 22.7 Å². The molecule has 0 saturated heterocycles. The van der Waals surface area contributed by atoms with Gasteiger partial charge in [0.2, 0.25) is 0 Å². The number of fused-ring (bicyclic) bond motifs is 3. The van der Waals surface area contributed by atoms with Gasteiger partial charge in [-0.2, -0.15) is 0 Å². The summed E-state index contributed by atoms with van der Waals surface area (Å²) in [5.74, 6) is 2.37. The number of carbonyl (C=O) groups excluding carboxylic acids is 4. The first-order valence-electron chi connectivity index (χ1n) is 20.2. The summed E-state index contributed by atoms with van der Waals surface area (Å²) < 4.78 is 14.7. The summed E-state index contributed by atoms with van der Waals surface area (Å²) >= 11 is 0. The van der Waals surface area contributed by atoms with Crippen LogP contribution in [0.3, 0.4) is 0 Å². The third-order valence-electron chi connectivity index (χ3n) is 15.0. The Balaban J connectivity index is 1.53. The molecule has 0 aromatic rings. The molecule has 0 bridgehead atoms. The van der Waals surface area contributed by atoms with Crippen LogP contribution >= 0.6 is 0 Å². The Bertz CT molecular complexity index is 1610. The van der Waals surface area contributed by atoms with Gasteiger partial charge in [-0.25, -0.2) is 0 Å². The van der Waals surface area contributed by atoms with Crippen molar-refractivity contribution >= 4 is 23.1 Å². The zero-order valence-electron chi connectivity index (χ0n) is 34.6. The molecule has 6 heteroatoms. The highest BCUT2D eigenvalue weighted by Gasteiger charge is 2.67. The predicted octanol–water partition coefficient (Wildman–Crippen LogP) is 10.0. The summed E-state index contributed by atoms with van der Waals surface area (Å²) in [5.41, 5.74) is -3.49. The predicted molar refractivity (Wildman–Crippen MR) is 200 cm³/mol. The largest absolute Gasteiger partial charge is 0.490 e. The molecule has 6 nitrogen and oxygen atoms in total. The fourth-order valence-corrected chi connectivity index (χ4v) is 12.4. The highest BCUT2D eigenvalue weighted by molar-refractivity contribution is 6.20. The van der Waals surface area contributed by atoms with Crippen LogP contribution in [0.25, 0.3) is 0 Å². The normalized spacial score (nSPS) is 39.2. The van der Waals surface area contributed by atoms with E-state index in [0.29, 0.717) is 29.3 Å². The van der Waals surface area contributed by atoms with Crippen LogP contribution in [0.5, 0.6) is 0 Å². The number of ether oxygens (including phenoxy) is 2. The highest BCUT2D eigenvalue weighted by atomic mass is 16.5. The van der Waals surface area contributed by atoms with E-state index in [1.165, 1.54) is 0 Å². The topological polar surface area (TPSA) is 86.7 Å². The molecule has 51 heavy (non-hydrogen) atoms. The molecule has 6 aliphatic rings. The molecular formula is C45H68O6. The number of carbonyl (C=O) groups is 4. The van der Waals surface area contributed by atoms with E-state index in [4.69, 9.17) is 9.47 Å². The van der Waals surface area contributed by atoms with Crippen molar-refractivity contribution in [2.24, 2.45) is 68.5 Å². The summed E-state index contributed by atoms with van der Waals surface area (Å²) in [7, 11) is 0. The number of rotatable bonds is 4. The number of ketones is 4. The van der Waals surface area contributed by atoms with E-state index in [-0.39, 0.29) is 52.2 Å². The molecule has 0 aromatic carbocycles. The zero-order chi connectivity index (χ0) is 38.2. The van der Waals surface area contributed by atoms with Crippen molar-refractivity contribution in [1.82, 2.24) is 0 Å². The Morgan fingerprint density at radius 2 is 1.06 bits per heavy atom. The summed E-state index contributed by atoms with van der Waals surface area (Å²) in [4.78, 5) is 56.9. The molecule has 4 aliphatic carbocycles. The van der Waals surface area contributed by atoms with Gasteiger partial charge in [0, 0.05) is 23.0 Å². The maximum atomic E-state index is 14.5. The summed E-state index contributed by atoms with van der Waals surface area (Å²) in [6, 6.07) is 0. The Morgan fingerprint density at radius 1 is 0.569 bits per heavy atom. The molecule has 284 valence electrons. The van der Waals surface area contributed by atoms with Crippen molar-refractivity contribution in [3.63, 3.8) is 0 Å². The number of Topliss-reactive ketones (excluding diaryl/α,β-unsaturated/α-hetero) is 4. The number of hydrogen-bond donors (Lipinski definition) is 0. The van der Waals surface area contributed by atoms with E-state index in [1.807, 2.05) is 27.7 Å². The highest BCUT2D eigenvalue weighted by Crippen LogP contribution is 2.67. The quantitative estimate of drug-likeness (QED) is 0.271. The van der Waals surface area contributed by atoms with Crippen LogP contribution in [-0.2, 0) is 28.7 Å². The second kappa shape index (κ2) is 11.6. The second-order valence-electron chi connectivity index (χ2n) is 21.7. The lowest BCUT2D eigenvalue weighted by atomic mass is 9.47. The number of allylic oxidation sites excluding steroid dienone is 4. The third kappa shape index (κ3) is 5.43. The SMILES string of the molecule is CC(C)C[C@H]1C[C@@]2(CC[C@H]3[C@H](CC(C)C)C4=C(O[C@]3(C)CC[C@@H]3[C@@H]2CC3(C)C)C(C)(C)C(=O)C(C)(C)C4=O)OC2=C1C(=O)C(C)(C)C(=O)C2(C)C. The van der Waals surface area contributed by atoms with Gasteiger partial charge in [-0.05, 0) is 149 Å². The second-order valence-corrected chi connectivity index (χ2v) is 21.7. The van der Waals surface area contributed by atoms with Gasteiger partial charge in [0.05, 0.1) is 21.7 Å². The lowest BCUT2D eigenvalue weighted by Gasteiger charge is -2.62. The molecular weight excluding hydrogens is 636 g/mol. The minimum Gasteiger partial charge on any atom is -0.490 e. The van der Waals surface area contributed by atoms with E-state index in [2.05, 4.69) is 48.5 Å². The van der Waals surface area contributed by atoms with E-state index >= 15 is 0 Å². The van der Waals surface area contributed by atoms with E-state index in [0.717, 1.165) is 62.5 Å². The van der Waals surface area contributed by atoms with Gasteiger partial charge < -0.3 is 9.47 Å². The average Bonchev–Trinajstić information content (AvgIpc) is 3.03. The lowest BCUT2D eigenvalue weighted by Crippen LogP contribution is -2.61. The van der Waals surface area contributed by atoms with Gasteiger partial charge in [-0.15, -0.1) is 0 Å². The lowest BCUT2D eigenvalue weighted by molar-refractivity contribution is -0.192. The van der Waals surface area contributed by atoms with Gasteiger partial charge in [0.25, 0.3) is 0 Å². The first kappa shape index (κ1) is 38.5. The molecule has 0 amide bonds. The molecule has 6 rings (SSSR count). The molecule has 2 saturated carbocycles.